The Morgan fingerprint density at radius 1 is 1.07 bits per heavy atom. The lowest BCUT2D eigenvalue weighted by molar-refractivity contribution is -0.131. The lowest BCUT2D eigenvalue weighted by atomic mass is 10.1. The molecule has 0 amide bonds. The summed E-state index contributed by atoms with van der Waals surface area (Å²) in [7, 11) is 0. The van der Waals surface area contributed by atoms with Gasteiger partial charge in [-0.25, -0.2) is 0 Å². The van der Waals surface area contributed by atoms with E-state index in [4.69, 9.17) is 4.74 Å². The third kappa shape index (κ3) is 3.31. The molecule has 0 N–H and O–H groups in total. The van der Waals surface area contributed by atoms with Crippen LogP contribution in [0.25, 0.3) is 10.1 Å². The number of benzene rings is 2. The fourth-order valence-electron chi connectivity index (χ4n) is 3.88. The van der Waals surface area contributed by atoms with Gasteiger partial charge in [-0.15, -0.1) is 0 Å². The molecule has 0 atom stereocenters. The van der Waals surface area contributed by atoms with Crippen molar-refractivity contribution in [2.24, 2.45) is 0 Å². The maximum absolute atomic E-state index is 11.4. The first-order chi connectivity index (χ1) is 13.3. The van der Waals surface area contributed by atoms with Gasteiger partial charge in [-0.1, -0.05) is 24.3 Å². The molecular formula is C21H21N3O2S. The third-order valence-corrected chi connectivity index (χ3v) is 6.25. The lowest BCUT2D eigenvalue weighted by Crippen LogP contribution is -2.47. The summed E-state index contributed by atoms with van der Waals surface area (Å²) < 4.78 is 11.2. The molecule has 0 bridgehead atoms. The van der Waals surface area contributed by atoms with E-state index in [-0.39, 0.29) is 5.97 Å². The Labute approximate surface area is 162 Å². The third-order valence-electron chi connectivity index (χ3n) is 5.44. The highest BCUT2D eigenvalue weighted by molar-refractivity contribution is 7.13. The highest BCUT2D eigenvalue weighted by Gasteiger charge is 2.22. The number of hydrogen-bond donors (Lipinski definition) is 0. The van der Waals surface area contributed by atoms with E-state index in [0.29, 0.717) is 6.42 Å². The number of aromatic nitrogens is 1. The van der Waals surface area contributed by atoms with Crippen LogP contribution in [0.5, 0.6) is 5.75 Å². The second kappa shape index (κ2) is 6.94. The fraction of sp³-hybridized carbons (Fsp3) is 0.333. The number of esters is 1. The highest BCUT2D eigenvalue weighted by Crippen LogP contribution is 2.30. The van der Waals surface area contributed by atoms with Crippen molar-refractivity contribution in [3.05, 3.63) is 53.6 Å². The number of rotatable bonds is 4. The number of ether oxygens (including phenoxy) is 1. The van der Waals surface area contributed by atoms with E-state index in [9.17, 15) is 4.79 Å². The van der Waals surface area contributed by atoms with Gasteiger partial charge < -0.3 is 9.64 Å². The Morgan fingerprint density at radius 2 is 1.93 bits per heavy atom. The summed E-state index contributed by atoms with van der Waals surface area (Å²) in [6, 6.07) is 14.6. The number of carbonyl (C=O) groups is 1. The summed E-state index contributed by atoms with van der Waals surface area (Å²) in [5, 5.41) is 1.27. The molecule has 2 aromatic carbocycles. The second-order valence-corrected chi connectivity index (χ2v) is 7.98. The molecule has 6 heteroatoms. The lowest BCUT2D eigenvalue weighted by Gasteiger charge is -2.35. The minimum Gasteiger partial charge on any atom is -0.426 e. The van der Waals surface area contributed by atoms with Crippen LogP contribution >= 0.6 is 11.5 Å². The minimum atomic E-state index is -0.146. The van der Waals surface area contributed by atoms with E-state index in [2.05, 4.69) is 44.5 Å². The van der Waals surface area contributed by atoms with Crippen LogP contribution in [0.15, 0.2) is 42.5 Å². The van der Waals surface area contributed by atoms with Crippen LogP contribution in [-0.2, 0) is 17.6 Å². The molecule has 27 heavy (non-hydrogen) atoms. The molecule has 0 spiro atoms. The Balaban J connectivity index is 1.18. The summed E-state index contributed by atoms with van der Waals surface area (Å²) in [6.07, 6.45) is 1.38. The van der Waals surface area contributed by atoms with Gasteiger partial charge in [0, 0.05) is 43.7 Å². The van der Waals surface area contributed by atoms with Crippen LogP contribution < -0.4 is 9.64 Å². The molecule has 2 aliphatic heterocycles. The van der Waals surface area contributed by atoms with Crippen molar-refractivity contribution in [1.29, 1.82) is 0 Å². The van der Waals surface area contributed by atoms with Crippen molar-refractivity contribution in [3.63, 3.8) is 0 Å². The van der Waals surface area contributed by atoms with Crippen LogP contribution in [0.3, 0.4) is 0 Å². The second-order valence-electron chi connectivity index (χ2n) is 7.17. The fourth-order valence-corrected chi connectivity index (χ4v) is 4.68. The maximum atomic E-state index is 11.4. The molecule has 5 rings (SSSR count). The Morgan fingerprint density at radius 3 is 2.81 bits per heavy atom. The summed E-state index contributed by atoms with van der Waals surface area (Å²) in [5.41, 5.74) is 2.24. The minimum absolute atomic E-state index is 0.146. The van der Waals surface area contributed by atoms with E-state index in [1.54, 1.807) is 11.5 Å². The average Bonchev–Trinajstić information content (AvgIpc) is 3.29. The number of carbonyl (C=O) groups excluding carboxylic acids is 1. The first-order valence-corrected chi connectivity index (χ1v) is 10.2. The van der Waals surface area contributed by atoms with E-state index in [1.165, 1.54) is 15.6 Å². The summed E-state index contributed by atoms with van der Waals surface area (Å²) >= 11 is 1.58. The van der Waals surface area contributed by atoms with Gasteiger partial charge in [-0.2, -0.15) is 4.37 Å². The van der Waals surface area contributed by atoms with Crippen molar-refractivity contribution in [3.8, 4) is 5.75 Å². The Hall–Kier alpha value is -2.44. The van der Waals surface area contributed by atoms with E-state index >= 15 is 0 Å². The summed E-state index contributed by atoms with van der Waals surface area (Å²) in [4.78, 5) is 16.3. The Kier molecular flexibility index (Phi) is 4.30. The van der Waals surface area contributed by atoms with E-state index in [1.807, 2.05) is 12.1 Å². The molecule has 0 unspecified atom stereocenters. The molecule has 5 nitrogen and oxygen atoms in total. The van der Waals surface area contributed by atoms with Gasteiger partial charge in [-0.3, -0.25) is 9.69 Å². The van der Waals surface area contributed by atoms with Gasteiger partial charge in [-0.05, 0) is 41.7 Å². The molecule has 2 aliphatic rings. The molecule has 3 aromatic rings. The van der Waals surface area contributed by atoms with Gasteiger partial charge in [0.2, 0.25) is 0 Å². The first kappa shape index (κ1) is 16.7. The zero-order chi connectivity index (χ0) is 18.2. The van der Waals surface area contributed by atoms with Crippen molar-refractivity contribution in [1.82, 2.24) is 9.27 Å². The van der Waals surface area contributed by atoms with Gasteiger partial charge >= 0.3 is 5.97 Å². The molecule has 3 heterocycles. The van der Waals surface area contributed by atoms with Crippen molar-refractivity contribution >= 4 is 33.4 Å². The largest absolute Gasteiger partial charge is 0.426 e. The first-order valence-electron chi connectivity index (χ1n) is 9.40. The zero-order valence-electron chi connectivity index (χ0n) is 15.1. The molecule has 0 aliphatic carbocycles. The van der Waals surface area contributed by atoms with Crippen LogP contribution in [0.4, 0.5) is 5.82 Å². The van der Waals surface area contributed by atoms with Crippen molar-refractivity contribution < 1.29 is 9.53 Å². The number of piperazine rings is 1. The molecule has 0 radical (unpaired) electrons. The molecule has 138 valence electrons. The van der Waals surface area contributed by atoms with Crippen LogP contribution in [0.2, 0.25) is 0 Å². The summed E-state index contributed by atoms with van der Waals surface area (Å²) in [6.45, 7) is 5.14. The SMILES string of the molecule is O=C1Cc2ccc(CCN3CCN(c4nsc5ccccc45)CC3)cc2O1. The molecule has 1 aromatic heterocycles. The number of hydrogen-bond acceptors (Lipinski definition) is 6. The number of anilines is 1. The smallest absolute Gasteiger partial charge is 0.315 e. The van der Waals surface area contributed by atoms with Crippen LogP contribution in [0, 0.1) is 0 Å². The van der Waals surface area contributed by atoms with Gasteiger partial charge in [0.25, 0.3) is 0 Å². The molecular weight excluding hydrogens is 358 g/mol. The number of fused-ring (bicyclic) bond motifs is 2. The molecule has 1 saturated heterocycles. The quantitative estimate of drug-likeness (QED) is 0.515. The normalized spacial score (nSPS) is 17.3. The van der Waals surface area contributed by atoms with Crippen LogP contribution in [0.1, 0.15) is 11.1 Å². The molecule has 1 fully saturated rings. The monoisotopic (exact) mass is 379 g/mol. The average molecular weight is 379 g/mol. The predicted molar refractivity (Wildman–Crippen MR) is 108 cm³/mol. The highest BCUT2D eigenvalue weighted by atomic mass is 32.1. The van der Waals surface area contributed by atoms with Crippen molar-refractivity contribution in [2.75, 3.05) is 37.6 Å². The topological polar surface area (TPSA) is 45.7 Å². The Bertz CT molecular complexity index is 992. The maximum Gasteiger partial charge on any atom is 0.315 e. The van der Waals surface area contributed by atoms with Crippen LogP contribution in [-0.4, -0.2) is 48.0 Å². The van der Waals surface area contributed by atoms with Gasteiger partial charge in [0.05, 0.1) is 11.1 Å². The standard InChI is InChI=1S/C21H21N3O2S/c25-20-14-16-6-5-15(13-18(16)26-20)7-8-23-9-11-24(12-10-23)21-17-3-1-2-4-19(17)27-22-21/h1-6,13H,7-12,14H2. The van der Waals surface area contributed by atoms with Crippen molar-refractivity contribution in [2.45, 2.75) is 12.8 Å². The van der Waals surface area contributed by atoms with E-state index < -0.39 is 0 Å². The van der Waals surface area contributed by atoms with E-state index in [0.717, 1.165) is 56.3 Å². The predicted octanol–water partition coefficient (Wildman–Crippen LogP) is 3.12. The number of nitrogens with zero attached hydrogens (tertiary/aromatic N) is 3. The van der Waals surface area contributed by atoms with Gasteiger partial charge in [0.1, 0.15) is 11.6 Å². The van der Waals surface area contributed by atoms with Gasteiger partial charge in [0.15, 0.2) is 0 Å². The molecule has 0 saturated carbocycles. The summed E-state index contributed by atoms with van der Waals surface area (Å²) in [5.74, 6) is 1.74. The zero-order valence-corrected chi connectivity index (χ0v) is 15.9.